The van der Waals surface area contributed by atoms with Gasteiger partial charge in [0.2, 0.25) is 0 Å². The lowest BCUT2D eigenvalue weighted by Gasteiger charge is -2.22. The van der Waals surface area contributed by atoms with Crippen molar-refractivity contribution < 1.29 is 0 Å². The van der Waals surface area contributed by atoms with Crippen molar-refractivity contribution in [2.24, 2.45) is 0 Å². The first-order chi connectivity index (χ1) is 5.14. The average Bonchev–Trinajstić information content (AvgIpc) is 2.39. The number of hydrogen-bond donors (Lipinski definition) is 2. The number of aromatic nitrogens is 4. The predicted octanol–water partition coefficient (Wildman–Crippen LogP) is 0.800. The van der Waals surface area contributed by atoms with E-state index >= 15 is 0 Å². The molecule has 0 amide bonds. The molecule has 0 radical (unpaired) electrons. The maximum absolute atomic E-state index is 3.79. The molecule has 0 aliphatic heterocycles. The zero-order valence-corrected chi connectivity index (χ0v) is 7.05. The summed E-state index contributed by atoms with van der Waals surface area (Å²) in [4.78, 5) is 0. The van der Waals surface area contributed by atoms with E-state index < -0.39 is 0 Å². The van der Waals surface area contributed by atoms with Crippen LogP contribution in [0.5, 0.6) is 0 Å². The van der Waals surface area contributed by atoms with Crippen LogP contribution in [0.4, 0.5) is 5.95 Å². The number of nitrogens with one attached hydrogen (secondary N) is 2. The summed E-state index contributed by atoms with van der Waals surface area (Å²) < 4.78 is 0. The third-order valence-corrected chi connectivity index (χ3v) is 1.68. The van der Waals surface area contributed by atoms with Gasteiger partial charge in [-0.05, 0) is 25.5 Å². The Morgan fingerprint density at radius 2 is 2.27 bits per heavy atom. The van der Waals surface area contributed by atoms with E-state index in [1.807, 2.05) is 0 Å². The fraction of sp³-hybridized carbons (Fsp3) is 0.833. The van der Waals surface area contributed by atoms with Gasteiger partial charge >= 0.3 is 0 Å². The minimum absolute atomic E-state index is 0.0316. The van der Waals surface area contributed by atoms with Gasteiger partial charge < -0.3 is 5.32 Å². The number of hydrogen-bond acceptors (Lipinski definition) is 4. The fourth-order valence-corrected chi connectivity index (χ4v) is 0.606. The first-order valence-electron chi connectivity index (χ1n) is 3.66. The molecule has 0 aliphatic rings. The number of anilines is 1. The highest BCUT2D eigenvalue weighted by Gasteiger charge is 2.15. The first-order valence-corrected chi connectivity index (χ1v) is 3.66. The van der Waals surface area contributed by atoms with Crippen molar-refractivity contribution in [3.8, 4) is 0 Å². The van der Waals surface area contributed by atoms with Crippen molar-refractivity contribution in [3.05, 3.63) is 0 Å². The van der Waals surface area contributed by atoms with Gasteiger partial charge in [0.1, 0.15) is 0 Å². The Balaban J connectivity index is 2.56. The zero-order chi connectivity index (χ0) is 8.32. The molecule has 0 fully saturated rings. The van der Waals surface area contributed by atoms with Gasteiger partial charge in [-0.25, -0.2) is 0 Å². The van der Waals surface area contributed by atoms with Gasteiger partial charge in [-0.15, -0.1) is 5.10 Å². The summed E-state index contributed by atoms with van der Waals surface area (Å²) in [6.07, 6.45) is 1.02. The van der Waals surface area contributed by atoms with Gasteiger partial charge in [0, 0.05) is 5.54 Å². The summed E-state index contributed by atoms with van der Waals surface area (Å²) in [5.74, 6) is 0.553. The number of tetrazole rings is 1. The normalized spacial score (nSPS) is 11.5. The molecule has 0 saturated carbocycles. The average molecular weight is 155 g/mol. The van der Waals surface area contributed by atoms with E-state index in [2.05, 4.69) is 46.7 Å². The maximum Gasteiger partial charge on any atom is 0.263 e. The molecule has 2 N–H and O–H groups in total. The molecule has 0 unspecified atom stereocenters. The second-order valence-electron chi connectivity index (χ2n) is 3.10. The molecular weight excluding hydrogens is 142 g/mol. The molecule has 0 bridgehead atoms. The third-order valence-electron chi connectivity index (χ3n) is 1.68. The highest BCUT2D eigenvalue weighted by molar-refractivity contribution is 5.23. The molecule has 1 heterocycles. The Hall–Kier alpha value is -1.13. The Labute approximate surface area is 65.6 Å². The Kier molecular flexibility index (Phi) is 2.07. The molecule has 0 aliphatic carbocycles. The quantitative estimate of drug-likeness (QED) is 0.677. The molecule has 0 atom stereocenters. The first kappa shape index (κ1) is 7.97. The second kappa shape index (κ2) is 2.86. The van der Waals surface area contributed by atoms with Crippen LogP contribution in [-0.2, 0) is 0 Å². The zero-order valence-electron chi connectivity index (χ0n) is 7.05. The molecule has 5 heteroatoms. The van der Waals surface area contributed by atoms with Crippen molar-refractivity contribution >= 4 is 5.95 Å². The second-order valence-corrected chi connectivity index (χ2v) is 3.10. The lowest BCUT2D eigenvalue weighted by atomic mass is 10.0. The van der Waals surface area contributed by atoms with Crippen LogP contribution in [0.15, 0.2) is 0 Å². The Morgan fingerprint density at radius 1 is 1.55 bits per heavy atom. The standard InChI is InChI=1S/C6H13N5/c1-4-6(2,3)7-5-8-10-11-9-5/h4H2,1-3H3,(H2,7,8,9,10,11). The molecule has 11 heavy (non-hydrogen) atoms. The number of H-pyrrole nitrogens is 1. The van der Waals surface area contributed by atoms with Crippen LogP contribution in [-0.4, -0.2) is 26.2 Å². The van der Waals surface area contributed by atoms with Crippen LogP contribution in [0.3, 0.4) is 0 Å². The van der Waals surface area contributed by atoms with E-state index in [0.717, 1.165) is 6.42 Å². The number of aromatic amines is 1. The van der Waals surface area contributed by atoms with E-state index in [-0.39, 0.29) is 5.54 Å². The van der Waals surface area contributed by atoms with Gasteiger partial charge in [-0.3, -0.25) is 0 Å². The minimum atomic E-state index is 0.0316. The van der Waals surface area contributed by atoms with E-state index in [0.29, 0.717) is 5.95 Å². The highest BCUT2D eigenvalue weighted by atomic mass is 15.5. The Bertz CT molecular complexity index is 203. The molecule has 1 rings (SSSR count). The van der Waals surface area contributed by atoms with Crippen LogP contribution in [0, 0.1) is 0 Å². The van der Waals surface area contributed by atoms with Crippen LogP contribution in [0.1, 0.15) is 27.2 Å². The van der Waals surface area contributed by atoms with Crippen LogP contribution in [0.2, 0.25) is 0 Å². The summed E-state index contributed by atoms with van der Waals surface area (Å²) in [6, 6.07) is 0. The summed E-state index contributed by atoms with van der Waals surface area (Å²) in [5.41, 5.74) is 0.0316. The SMILES string of the molecule is CCC(C)(C)Nc1nn[nH]n1. The van der Waals surface area contributed by atoms with E-state index in [1.54, 1.807) is 0 Å². The molecule has 0 aromatic carbocycles. The topological polar surface area (TPSA) is 66.5 Å². The largest absolute Gasteiger partial charge is 0.347 e. The molecule has 62 valence electrons. The van der Waals surface area contributed by atoms with Crippen molar-refractivity contribution in [1.29, 1.82) is 0 Å². The molecule has 1 aromatic heterocycles. The highest BCUT2D eigenvalue weighted by Crippen LogP contribution is 2.12. The van der Waals surface area contributed by atoms with Gasteiger partial charge in [0.25, 0.3) is 5.95 Å². The van der Waals surface area contributed by atoms with Gasteiger partial charge in [0.05, 0.1) is 0 Å². The van der Waals surface area contributed by atoms with Crippen molar-refractivity contribution in [2.45, 2.75) is 32.7 Å². The Morgan fingerprint density at radius 3 is 2.73 bits per heavy atom. The maximum atomic E-state index is 3.79. The van der Waals surface area contributed by atoms with Gasteiger partial charge in [-0.1, -0.05) is 12.0 Å². The molecular formula is C6H13N5. The van der Waals surface area contributed by atoms with E-state index in [9.17, 15) is 0 Å². The van der Waals surface area contributed by atoms with Crippen molar-refractivity contribution in [2.75, 3.05) is 5.32 Å². The lowest BCUT2D eigenvalue weighted by molar-refractivity contribution is 0.542. The fourth-order valence-electron chi connectivity index (χ4n) is 0.606. The van der Waals surface area contributed by atoms with Gasteiger partial charge in [0.15, 0.2) is 0 Å². The summed E-state index contributed by atoms with van der Waals surface area (Å²) in [6.45, 7) is 6.28. The molecule has 1 aromatic rings. The predicted molar refractivity (Wildman–Crippen MR) is 42.2 cm³/mol. The smallest absolute Gasteiger partial charge is 0.263 e. The third kappa shape index (κ3) is 2.18. The van der Waals surface area contributed by atoms with E-state index in [1.165, 1.54) is 0 Å². The van der Waals surface area contributed by atoms with Crippen molar-refractivity contribution in [3.63, 3.8) is 0 Å². The van der Waals surface area contributed by atoms with Crippen molar-refractivity contribution in [1.82, 2.24) is 20.6 Å². The summed E-state index contributed by atoms with van der Waals surface area (Å²) in [5, 5.41) is 16.5. The molecule has 0 saturated heterocycles. The minimum Gasteiger partial charge on any atom is -0.347 e. The van der Waals surface area contributed by atoms with Crippen LogP contribution in [0.25, 0.3) is 0 Å². The number of nitrogens with zero attached hydrogens (tertiary/aromatic N) is 3. The van der Waals surface area contributed by atoms with Crippen LogP contribution < -0.4 is 5.32 Å². The molecule has 5 nitrogen and oxygen atoms in total. The lowest BCUT2D eigenvalue weighted by Crippen LogP contribution is -2.30. The monoisotopic (exact) mass is 155 g/mol. The van der Waals surface area contributed by atoms with E-state index in [4.69, 9.17) is 0 Å². The number of rotatable bonds is 3. The molecule has 0 spiro atoms. The summed E-state index contributed by atoms with van der Waals surface area (Å²) in [7, 11) is 0. The summed E-state index contributed by atoms with van der Waals surface area (Å²) >= 11 is 0. The van der Waals surface area contributed by atoms with Gasteiger partial charge in [-0.2, -0.15) is 5.21 Å². The van der Waals surface area contributed by atoms with Crippen LogP contribution >= 0.6 is 0 Å².